The van der Waals surface area contributed by atoms with Crippen molar-refractivity contribution >= 4 is 0 Å². The van der Waals surface area contributed by atoms with Gasteiger partial charge in [-0.3, -0.25) is 14.3 Å². The molecule has 0 spiro atoms. The van der Waals surface area contributed by atoms with Crippen molar-refractivity contribution in [3.63, 3.8) is 0 Å². The number of H-pyrrole nitrogens is 1. The minimum Gasteiger partial charge on any atom is -0.494 e. The highest BCUT2D eigenvalue weighted by molar-refractivity contribution is 5.42. The first kappa shape index (κ1) is 16.1. The van der Waals surface area contributed by atoms with E-state index in [1.54, 1.807) is 0 Å². The summed E-state index contributed by atoms with van der Waals surface area (Å²) in [5.41, 5.74) is 1.38. The normalized spacial score (nSPS) is 21.0. The zero-order valence-electron chi connectivity index (χ0n) is 14.1. The first-order valence-corrected chi connectivity index (χ1v) is 9.05. The molecule has 132 valence electrons. The molecule has 1 aromatic heterocycles. The van der Waals surface area contributed by atoms with Crippen LogP contribution >= 0.6 is 0 Å². The van der Waals surface area contributed by atoms with E-state index in [4.69, 9.17) is 0 Å². The van der Waals surface area contributed by atoms with Crippen LogP contribution in [0, 0.1) is 0 Å². The fraction of sp³-hybridized carbons (Fsp3) is 0.474. The summed E-state index contributed by atoms with van der Waals surface area (Å²) in [6.45, 7) is 0.725. The summed E-state index contributed by atoms with van der Waals surface area (Å²) in [7, 11) is 0. The Morgan fingerprint density at radius 3 is 2.64 bits per heavy atom. The molecule has 2 heterocycles. The first-order valence-electron chi connectivity index (χ1n) is 9.05. The molecule has 0 saturated heterocycles. The molecule has 1 saturated carbocycles. The molecule has 1 fully saturated rings. The molecule has 1 aliphatic carbocycles. The van der Waals surface area contributed by atoms with E-state index < -0.39 is 17.3 Å². The Morgan fingerprint density at radius 2 is 1.84 bits per heavy atom. The number of nitrogens with zero attached hydrogens (tertiary/aromatic N) is 1. The molecule has 1 aromatic carbocycles. The highest BCUT2D eigenvalue weighted by Crippen LogP contribution is 2.34. The molecule has 1 aliphatic heterocycles. The van der Waals surface area contributed by atoms with Crippen molar-refractivity contribution in [1.82, 2.24) is 14.9 Å². The maximum absolute atomic E-state index is 12.5. The second-order valence-electron chi connectivity index (χ2n) is 6.99. The van der Waals surface area contributed by atoms with Crippen molar-refractivity contribution in [1.29, 1.82) is 0 Å². The van der Waals surface area contributed by atoms with E-state index in [2.05, 4.69) is 10.3 Å². The highest BCUT2D eigenvalue weighted by Gasteiger charge is 2.30. The van der Waals surface area contributed by atoms with Gasteiger partial charge in [-0.2, -0.15) is 0 Å². The zero-order valence-corrected chi connectivity index (χ0v) is 14.1. The van der Waals surface area contributed by atoms with Crippen LogP contribution < -0.4 is 16.6 Å². The molecule has 6 heteroatoms. The van der Waals surface area contributed by atoms with E-state index in [0.29, 0.717) is 0 Å². The van der Waals surface area contributed by atoms with Gasteiger partial charge in [0.1, 0.15) is 0 Å². The van der Waals surface area contributed by atoms with E-state index in [1.807, 2.05) is 24.3 Å². The summed E-state index contributed by atoms with van der Waals surface area (Å²) in [5, 5.41) is 14.2. The van der Waals surface area contributed by atoms with Gasteiger partial charge in [-0.1, -0.05) is 43.5 Å². The third-order valence-electron chi connectivity index (χ3n) is 5.49. The van der Waals surface area contributed by atoms with Crippen molar-refractivity contribution in [3.05, 3.63) is 61.8 Å². The van der Waals surface area contributed by atoms with Crippen molar-refractivity contribution in [2.75, 3.05) is 6.54 Å². The lowest BCUT2D eigenvalue weighted by Gasteiger charge is -2.29. The van der Waals surface area contributed by atoms with Crippen LogP contribution in [0.5, 0.6) is 5.88 Å². The second kappa shape index (κ2) is 6.52. The van der Waals surface area contributed by atoms with Crippen LogP contribution in [0.15, 0.2) is 33.9 Å². The lowest BCUT2D eigenvalue weighted by molar-refractivity contribution is 0.293. The molecule has 0 radical (unpaired) electrons. The van der Waals surface area contributed by atoms with Gasteiger partial charge < -0.3 is 10.4 Å². The topological polar surface area (TPSA) is 87.1 Å². The maximum Gasteiger partial charge on any atom is 0.331 e. The minimum atomic E-state index is -0.512. The molecular weight excluding hydrogens is 318 g/mol. The molecule has 0 bridgehead atoms. The zero-order chi connectivity index (χ0) is 17.4. The standard InChI is InChI=1S/C19H23N3O3/c23-17-15(16-14-9-5-4-6-12(14)10-11-20-16)18(24)22(19(25)21-17)13-7-2-1-3-8-13/h4-6,9,13,16,20,24H,1-3,7-8,10-11H2,(H,21,23,25)/t16-/m0/s1. The van der Waals surface area contributed by atoms with E-state index in [1.165, 1.54) is 10.1 Å². The third kappa shape index (κ3) is 2.80. The first-order chi connectivity index (χ1) is 12.2. The minimum absolute atomic E-state index is 0.0457. The van der Waals surface area contributed by atoms with Crippen LogP contribution in [-0.2, 0) is 6.42 Å². The Bertz CT molecular complexity index is 894. The van der Waals surface area contributed by atoms with Crippen LogP contribution in [0.2, 0.25) is 0 Å². The smallest absolute Gasteiger partial charge is 0.331 e. The highest BCUT2D eigenvalue weighted by atomic mass is 16.3. The van der Waals surface area contributed by atoms with Crippen LogP contribution in [0.25, 0.3) is 0 Å². The average molecular weight is 341 g/mol. The van der Waals surface area contributed by atoms with E-state index >= 15 is 0 Å². The molecule has 2 aromatic rings. The number of benzene rings is 1. The molecule has 0 amide bonds. The number of hydrogen-bond donors (Lipinski definition) is 3. The molecule has 4 rings (SSSR count). The molecular formula is C19H23N3O3. The maximum atomic E-state index is 12.5. The van der Waals surface area contributed by atoms with Crippen molar-refractivity contribution in [2.24, 2.45) is 0 Å². The second-order valence-corrected chi connectivity index (χ2v) is 6.99. The summed E-state index contributed by atoms with van der Waals surface area (Å²) >= 11 is 0. The Balaban J connectivity index is 1.86. The Labute approximate surface area is 145 Å². The van der Waals surface area contributed by atoms with Crippen LogP contribution in [-0.4, -0.2) is 21.2 Å². The molecule has 25 heavy (non-hydrogen) atoms. The van der Waals surface area contributed by atoms with Crippen LogP contribution in [0.1, 0.15) is 60.9 Å². The Hall–Kier alpha value is -2.34. The van der Waals surface area contributed by atoms with Crippen molar-refractivity contribution < 1.29 is 5.11 Å². The van der Waals surface area contributed by atoms with Crippen LogP contribution in [0.3, 0.4) is 0 Å². The predicted molar refractivity (Wildman–Crippen MR) is 95.1 cm³/mol. The predicted octanol–water partition coefficient (Wildman–Crippen LogP) is 1.98. The Kier molecular flexibility index (Phi) is 4.21. The summed E-state index contributed by atoms with van der Waals surface area (Å²) in [4.78, 5) is 27.3. The van der Waals surface area contributed by atoms with E-state index in [-0.39, 0.29) is 17.5 Å². The fourth-order valence-electron chi connectivity index (χ4n) is 4.25. The number of hydrogen-bond acceptors (Lipinski definition) is 4. The fourth-order valence-corrected chi connectivity index (χ4v) is 4.25. The summed E-state index contributed by atoms with van der Waals surface area (Å²) < 4.78 is 1.40. The molecule has 6 nitrogen and oxygen atoms in total. The van der Waals surface area contributed by atoms with E-state index in [9.17, 15) is 14.7 Å². The van der Waals surface area contributed by atoms with Gasteiger partial charge in [0.25, 0.3) is 5.56 Å². The number of aromatic nitrogens is 2. The van der Waals surface area contributed by atoms with Gasteiger partial charge >= 0.3 is 5.69 Å². The average Bonchev–Trinajstić information content (AvgIpc) is 2.62. The van der Waals surface area contributed by atoms with Gasteiger partial charge in [0.15, 0.2) is 0 Å². The molecule has 1 atom stereocenters. The van der Waals surface area contributed by atoms with Crippen LogP contribution in [0.4, 0.5) is 0 Å². The van der Waals surface area contributed by atoms with Gasteiger partial charge in [-0.25, -0.2) is 4.79 Å². The number of rotatable bonds is 2. The van der Waals surface area contributed by atoms with Gasteiger partial charge in [0.05, 0.1) is 11.6 Å². The lowest BCUT2D eigenvalue weighted by atomic mass is 9.90. The summed E-state index contributed by atoms with van der Waals surface area (Å²) in [6.07, 6.45) is 5.82. The summed E-state index contributed by atoms with van der Waals surface area (Å²) in [6, 6.07) is 7.49. The lowest BCUT2D eigenvalue weighted by Crippen LogP contribution is -2.40. The molecule has 3 N–H and O–H groups in total. The SMILES string of the molecule is O=c1[nH]c(=O)n(C2CCCCC2)c(O)c1[C@H]1NCCc2ccccc21. The number of nitrogens with one attached hydrogen (secondary N) is 2. The van der Waals surface area contributed by atoms with Crippen molar-refractivity contribution in [3.8, 4) is 5.88 Å². The third-order valence-corrected chi connectivity index (χ3v) is 5.49. The monoisotopic (exact) mass is 341 g/mol. The number of fused-ring (bicyclic) bond motifs is 1. The molecule has 0 unspecified atom stereocenters. The largest absolute Gasteiger partial charge is 0.494 e. The quantitative estimate of drug-likeness (QED) is 0.779. The van der Waals surface area contributed by atoms with Crippen molar-refractivity contribution in [2.45, 2.75) is 50.6 Å². The molecule has 2 aliphatic rings. The van der Waals surface area contributed by atoms with Gasteiger partial charge in [-0.05, 0) is 30.4 Å². The Morgan fingerprint density at radius 1 is 1.08 bits per heavy atom. The van der Waals surface area contributed by atoms with Gasteiger partial charge in [0.2, 0.25) is 5.88 Å². The summed E-state index contributed by atoms with van der Waals surface area (Å²) in [5.74, 6) is -0.185. The number of aromatic hydroxyl groups is 1. The van der Waals surface area contributed by atoms with E-state index in [0.717, 1.165) is 50.6 Å². The number of aromatic amines is 1. The van der Waals surface area contributed by atoms with Gasteiger partial charge in [0, 0.05) is 12.6 Å². The van der Waals surface area contributed by atoms with Gasteiger partial charge in [-0.15, -0.1) is 0 Å².